The molecule has 0 fully saturated rings. The van der Waals surface area contributed by atoms with E-state index in [0.717, 1.165) is 10.4 Å². The quantitative estimate of drug-likeness (QED) is 0.758. The van der Waals surface area contributed by atoms with Crippen molar-refractivity contribution < 1.29 is 14.3 Å². The SMILES string of the molecule is Cc1ccc(-c2oc(-c3cccs3)nc2C(=O)O)cc1Cl. The largest absolute Gasteiger partial charge is 0.476 e. The second kappa shape index (κ2) is 5.35. The van der Waals surface area contributed by atoms with Crippen LogP contribution >= 0.6 is 22.9 Å². The van der Waals surface area contributed by atoms with E-state index >= 15 is 0 Å². The van der Waals surface area contributed by atoms with Crippen LogP contribution in [-0.4, -0.2) is 16.1 Å². The van der Waals surface area contributed by atoms with Crippen LogP contribution in [0.2, 0.25) is 5.02 Å². The molecule has 6 heteroatoms. The van der Waals surface area contributed by atoms with E-state index in [0.29, 0.717) is 16.5 Å². The molecule has 0 aliphatic heterocycles. The maximum atomic E-state index is 11.4. The highest BCUT2D eigenvalue weighted by atomic mass is 35.5. The minimum atomic E-state index is -1.13. The second-order valence-electron chi connectivity index (χ2n) is 4.44. The van der Waals surface area contributed by atoms with E-state index in [-0.39, 0.29) is 11.5 Å². The third kappa shape index (κ3) is 2.57. The molecule has 106 valence electrons. The average Bonchev–Trinajstić information content (AvgIpc) is 3.09. The summed E-state index contributed by atoms with van der Waals surface area (Å²) in [6, 6.07) is 8.95. The number of aromatic carboxylic acids is 1. The lowest BCUT2D eigenvalue weighted by Gasteiger charge is -2.01. The zero-order valence-corrected chi connectivity index (χ0v) is 12.5. The molecule has 2 aromatic heterocycles. The number of benzene rings is 1. The van der Waals surface area contributed by atoms with Crippen LogP contribution < -0.4 is 0 Å². The smallest absolute Gasteiger partial charge is 0.358 e. The van der Waals surface area contributed by atoms with Gasteiger partial charge in [-0.3, -0.25) is 0 Å². The van der Waals surface area contributed by atoms with E-state index in [2.05, 4.69) is 4.98 Å². The Labute approximate surface area is 129 Å². The highest BCUT2D eigenvalue weighted by Gasteiger charge is 2.22. The van der Waals surface area contributed by atoms with Crippen LogP contribution in [0.5, 0.6) is 0 Å². The van der Waals surface area contributed by atoms with E-state index in [1.165, 1.54) is 11.3 Å². The van der Waals surface area contributed by atoms with Crippen molar-refractivity contribution in [1.29, 1.82) is 0 Å². The predicted molar refractivity (Wildman–Crippen MR) is 82.0 cm³/mol. The van der Waals surface area contributed by atoms with Crippen LogP contribution in [0.4, 0.5) is 0 Å². The molecule has 0 bridgehead atoms. The number of hydrogen-bond donors (Lipinski definition) is 1. The first-order chi connectivity index (χ1) is 10.1. The van der Waals surface area contributed by atoms with E-state index in [4.69, 9.17) is 16.0 Å². The summed E-state index contributed by atoms with van der Waals surface area (Å²) in [5, 5.41) is 11.7. The molecule has 0 saturated heterocycles. The first-order valence-electron chi connectivity index (χ1n) is 6.11. The number of hydrogen-bond acceptors (Lipinski definition) is 4. The summed E-state index contributed by atoms with van der Waals surface area (Å²) in [6.45, 7) is 1.88. The Balaban J connectivity index is 2.16. The van der Waals surface area contributed by atoms with Gasteiger partial charge in [0.15, 0.2) is 11.5 Å². The molecule has 0 atom stereocenters. The summed E-state index contributed by atoms with van der Waals surface area (Å²) < 4.78 is 5.66. The topological polar surface area (TPSA) is 63.3 Å². The molecule has 0 saturated carbocycles. The minimum Gasteiger partial charge on any atom is -0.476 e. The Morgan fingerprint density at radius 1 is 1.38 bits per heavy atom. The van der Waals surface area contributed by atoms with Crippen molar-refractivity contribution in [3.8, 4) is 22.1 Å². The van der Waals surface area contributed by atoms with Crippen molar-refractivity contribution in [3.63, 3.8) is 0 Å². The number of carboxylic acids is 1. The van der Waals surface area contributed by atoms with Gasteiger partial charge in [-0.2, -0.15) is 0 Å². The Morgan fingerprint density at radius 3 is 2.81 bits per heavy atom. The molecule has 0 spiro atoms. The summed E-state index contributed by atoms with van der Waals surface area (Å²) in [5.74, 6) is -0.616. The van der Waals surface area contributed by atoms with Gasteiger partial charge in [-0.05, 0) is 30.0 Å². The lowest BCUT2D eigenvalue weighted by atomic mass is 10.1. The molecule has 0 aliphatic carbocycles. The zero-order valence-electron chi connectivity index (χ0n) is 11.0. The van der Waals surface area contributed by atoms with Crippen LogP contribution in [0.3, 0.4) is 0 Å². The molecule has 0 radical (unpaired) electrons. The molecule has 3 aromatic rings. The fourth-order valence-corrected chi connectivity index (χ4v) is 2.73. The lowest BCUT2D eigenvalue weighted by molar-refractivity contribution is 0.0691. The van der Waals surface area contributed by atoms with Crippen molar-refractivity contribution >= 4 is 28.9 Å². The van der Waals surface area contributed by atoms with Gasteiger partial charge in [-0.15, -0.1) is 11.3 Å². The summed E-state index contributed by atoms with van der Waals surface area (Å²) in [6.07, 6.45) is 0. The third-order valence-electron chi connectivity index (χ3n) is 3.00. The van der Waals surface area contributed by atoms with Gasteiger partial charge in [0.25, 0.3) is 0 Å². The number of nitrogens with zero attached hydrogens (tertiary/aromatic N) is 1. The number of carboxylic acid groups (broad SMARTS) is 1. The van der Waals surface area contributed by atoms with Crippen molar-refractivity contribution in [2.75, 3.05) is 0 Å². The molecular formula is C15H10ClNO3S. The zero-order chi connectivity index (χ0) is 15.0. The summed E-state index contributed by atoms with van der Waals surface area (Å²) in [5.41, 5.74) is 1.40. The molecule has 0 aliphatic rings. The molecule has 0 unspecified atom stereocenters. The summed E-state index contributed by atoms with van der Waals surface area (Å²) in [7, 11) is 0. The molecular weight excluding hydrogens is 310 g/mol. The summed E-state index contributed by atoms with van der Waals surface area (Å²) in [4.78, 5) is 16.2. The average molecular weight is 320 g/mol. The molecule has 21 heavy (non-hydrogen) atoms. The van der Waals surface area contributed by atoms with E-state index in [1.54, 1.807) is 12.1 Å². The fraction of sp³-hybridized carbons (Fsp3) is 0.0667. The second-order valence-corrected chi connectivity index (χ2v) is 5.80. The van der Waals surface area contributed by atoms with Crippen LogP contribution in [0.25, 0.3) is 22.1 Å². The number of carbonyl (C=O) groups is 1. The Morgan fingerprint density at radius 2 is 2.19 bits per heavy atom. The third-order valence-corrected chi connectivity index (χ3v) is 4.26. The van der Waals surface area contributed by atoms with E-state index in [9.17, 15) is 9.90 Å². The van der Waals surface area contributed by atoms with Gasteiger partial charge in [0, 0.05) is 10.6 Å². The van der Waals surface area contributed by atoms with Gasteiger partial charge in [-0.1, -0.05) is 29.8 Å². The van der Waals surface area contributed by atoms with Crippen molar-refractivity contribution in [3.05, 3.63) is 52.0 Å². The summed E-state index contributed by atoms with van der Waals surface area (Å²) >= 11 is 7.53. The highest BCUT2D eigenvalue weighted by Crippen LogP contribution is 2.33. The Kier molecular flexibility index (Phi) is 3.53. The van der Waals surface area contributed by atoms with Gasteiger partial charge in [0.05, 0.1) is 4.88 Å². The number of rotatable bonds is 3. The van der Waals surface area contributed by atoms with Crippen molar-refractivity contribution in [2.24, 2.45) is 0 Å². The first-order valence-corrected chi connectivity index (χ1v) is 7.36. The molecule has 3 rings (SSSR count). The van der Waals surface area contributed by atoms with Gasteiger partial charge >= 0.3 is 5.97 Å². The van der Waals surface area contributed by atoms with Crippen LogP contribution in [-0.2, 0) is 0 Å². The maximum absolute atomic E-state index is 11.4. The number of aromatic nitrogens is 1. The van der Waals surface area contributed by atoms with E-state index < -0.39 is 5.97 Å². The normalized spacial score (nSPS) is 10.8. The van der Waals surface area contributed by atoms with Crippen molar-refractivity contribution in [1.82, 2.24) is 4.98 Å². The van der Waals surface area contributed by atoms with Crippen LogP contribution in [0.15, 0.2) is 40.1 Å². The number of aryl methyl sites for hydroxylation is 1. The van der Waals surface area contributed by atoms with E-state index in [1.807, 2.05) is 30.5 Å². The maximum Gasteiger partial charge on any atom is 0.358 e. The Bertz CT molecular complexity index is 808. The van der Waals surface area contributed by atoms with Crippen LogP contribution in [0.1, 0.15) is 16.1 Å². The monoisotopic (exact) mass is 319 g/mol. The lowest BCUT2D eigenvalue weighted by Crippen LogP contribution is -1.98. The number of oxazole rings is 1. The van der Waals surface area contributed by atoms with Gasteiger partial charge in [-0.25, -0.2) is 9.78 Å². The van der Waals surface area contributed by atoms with Gasteiger partial charge in [0.1, 0.15) is 0 Å². The van der Waals surface area contributed by atoms with Crippen LogP contribution in [0, 0.1) is 6.92 Å². The highest BCUT2D eigenvalue weighted by molar-refractivity contribution is 7.13. The van der Waals surface area contributed by atoms with Crippen molar-refractivity contribution in [2.45, 2.75) is 6.92 Å². The predicted octanol–water partition coefficient (Wildman–Crippen LogP) is 4.73. The Hall–Kier alpha value is -2.11. The minimum absolute atomic E-state index is 0.113. The fourth-order valence-electron chi connectivity index (χ4n) is 1.90. The molecule has 4 nitrogen and oxygen atoms in total. The molecule has 1 N–H and O–H groups in total. The first kappa shape index (κ1) is 13.9. The number of halogens is 1. The van der Waals surface area contributed by atoms with Gasteiger partial charge in [0.2, 0.25) is 5.89 Å². The standard InChI is InChI=1S/C15H10ClNO3S/c1-8-4-5-9(7-10(8)16)13-12(15(18)19)17-14(20-13)11-3-2-6-21-11/h2-7H,1H3,(H,18,19). The molecule has 0 amide bonds. The van der Waals surface area contributed by atoms with Gasteiger partial charge < -0.3 is 9.52 Å². The number of thiophene rings is 1. The molecule has 1 aromatic carbocycles. The molecule has 2 heterocycles.